The maximum atomic E-state index is 12.2. The molecule has 0 spiro atoms. The number of nitrogens with one attached hydrogen (secondary N) is 1. The molecule has 0 radical (unpaired) electrons. The molecule has 2 aliphatic rings. The van der Waals surface area contributed by atoms with Gasteiger partial charge in [0.2, 0.25) is 11.9 Å². The molecule has 120 valence electrons. The van der Waals surface area contributed by atoms with Gasteiger partial charge in [-0.2, -0.15) is 0 Å². The van der Waals surface area contributed by atoms with E-state index < -0.39 is 35.4 Å². The second-order valence-electron chi connectivity index (χ2n) is 5.35. The van der Waals surface area contributed by atoms with Gasteiger partial charge in [0.05, 0.1) is 11.4 Å². The number of para-hydroxylation sites is 2. The summed E-state index contributed by atoms with van der Waals surface area (Å²) in [5.41, 5.74) is 1.02. The van der Waals surface area contributed by atoms with Gasteiger partial charge < -0.3 is 10.1 Å². The summed E-state index contributed by atoms with van der Waals surface area (Å²) in [5, 5.41) is 13.2. The highest BCUT2D eigenvalue weighted by Crippen LogP contribution is 2.34. The van der Waals surface area contributed by atoms with Crippen LogP contribution in [0.15, 0.2) is 24.3 Å². The topological polar surface area (TPSA) is 119 Å². The molecular formula is C14H13N3O6. The predicted molar refractivity (Wildman–Crippen MR) is 77.3 cm³/mol. The minimum atomic E-state index is -0.918. The second-order valence-corrected chi connectivity index (χ2v) is 5.35. The monoisotopic (exact) mass is 319 g/mol. The zero-order valence-corrected chi connectivity index (χ0v) is 11.9. The van der Waals surface area contributed by atoms with Crippen molar-refractivity contribution < 1.29 is 24.0 Å². The van der Waals surface area contributed by atoms with Gasteiger partial charge in [0.25, 0.3) is 5.91 Å². The lowest BCUT2D eigenvalue weighted by molar-refractivity contribution is -0.497. The van der Waals surface area contributed by atoms with Crippen molar-refractivity contribution >= 4 is 29.2 Å². The number of carbonyl (C=O) groups is 3. The molecule has 9 heteroatoms. The summed E-state index contributed by atoms with van der Waals surface area (Å²) in [4.78, 5) is 46.7. The molecule has 0 bridgehead atoms. The van der Waals surface area contributed by atoms with Crippen molar-refractivity contribution in [2.75, 3.05) is 23.4 Å². The van der Waals surface area contributed by atoms with Crippen LogP contribution in [-0.4, -0.2) is 41.9 Å². The zero-order valence-electron chi connectivity index (χ0n) is 11.9. The van der Waals surface area contributed by atoms with Gasteiger partial charge >= 0.3 is 5.97 Å². The van der Waals surface area contributed by atoms with Crippen molar-refractivity contribution in [1.29, 1.82) is 0 Å². The fourth-order valence-electron chi connectivity index (χ4n) is 2.44. The highest BCUT2D eigenvalue weighted by Gasteiger charge is 2.54. The Morgan fingerprint density at radius 3 is 2.83 bits per heavy atom. The normalized spacial score (nSPS) is 21.9. The van der Waals surface area contributed by atoms with Crippen LogP contribution in [0.1, 0.15) is 6.42 Å². The number of benzene rings is 1. The van der Waals surface area contributed by atoms with Crippen LogP contribution in [-0.2, 0) is 19.1 Å². The Kier molecular flexibility index (Phi) is 3.68. The molecule has 1 aliphatic heterocycles. The molecule has 1 saturated carbocycles. The standard InChI is InChI=1S/C14H13N3O6/c18-12-6-16(10-4-2-1-3-9(10)15-12)13(19)7-23-14(20)8-5-11(8)17(21)22/h1-4,8,11H,5-7H2,(H,15,18). The molecule has 0 aromatic heterocycles. The Bertz CT molecular complexity index is 704. The highest BCUT2D eigenvalue weighted by molar-refractivity contribution is 6.10. The van der Waals surface area contributed by atoms with E-state index >= 15 is 0 Å². The lowest BCUT2D eigenvalue weighted by atomic mass is 10.2. The number of hydrogen-bond donors (Lipinski definition) is 1. The molecule has 9 nitrogen and oxygen atoms in total. The van der Waals surface area contributed by atoms with Crippen molar-refractivity contribution in [3.63, 3.8) is 0 Å². The summed E-state index contributed by atoms with van der Waals surface area (Å²) in [6, 6.07) is 5.84. The fourth-order valence-corrected chi connectivity index (χ4v) is 2.44. The number of esters is 1. The van der Waals surface area contributed by atoms with Gasteiger partial charge in [-0.25, -0.2) is 0 Å². The number of amides is 2. The van der Waals surface area contributed by atoms with E-state index in [0.717, 1.165) is 0 Å². The van der Waals surface area contributed by atoms with Gasteiger partial charge in [-0.05, 0) is 12.1 Å². The second kappa shape index (κ2) is 5.67. The first-order valence-electron chi connectivity index (χ1n) is 6.96. The van der Waals surface area contributed by atoms with Crippen LogP contribution in [0.3, 0.4) is 0 Å². The molecular weight excluding hydrogens is 306 g/mol. The smallest absolute Gasteiger partial charge is 0.316 e. The Labute approximate surface area is 130 Å². The highest BCUT2D eigenvalue weighted by atomic mass is 16.6. The van der Waals surface area contributed by atoms with Crippen LogP contribution in [0.5, 0.6) is 0 Å². The molecule has 1 aliphatic carbocycles. The lowest BCUT2D eigenvalue weighted by Crippen LogP contribution is -2.44. The molecule has 1 fully saturated rings. The van der Waals surface area contributed by atoms with Crippen molar-refractivity contribution in [2.45, 2.75) is 12.5 Å². The maximum absolute atomic E-state index is 12.2. The number of rotatable bonds is 4. The van der Waals surface area contributed by atoms with Gasteiger partial charge in [0.15, 0.2) is 6.61 Å². The minimum Gasteiger partial charge on any atom is -0.455 e. The number of carbonyl (C=O) groups excluding carboxylic acids is 3. The van der Waals surface area contributed by atoms with Crippen LogP contribution >= 0.6 is 0 Å². The molecule has 1 aromatic carbocycles. The molecule has 3 rings (SSSR count). The summed E-state index contributed by atoms with van der Waals surface area (Å²) in [7, 11) is 0. The van der Waals surface area contributed by atoms with Crippen molar-refractivity contribution in [3.05, 3.63) is 34.4 Å². The summed E-state index contributed by atoms with van der Waals surface area (Å²) in [6.07, 6.45) is 0.134. The summed E-state index contributed by atoms with van der Waals surface area (Å²) in [6.45, 7) is -0.726. The van der Waals surface area contributed by atoms with E-state index in [-0.39, 0.29) is 18.9 Å². The van der Waals surface area contributed by atoms with E-state index in [1.807, 2.05) is 0 Å². The van der Waals surface area contributed by atoms with Crippen LogP contribution < -0.4 is 10.2 Å². The number of hydrogen-bond acceptors (Lipinski definition) is 6. The van der Waals surface area contributed by atoms with E-state index in [1.165, 1.54) is 4.90 Å². The van der Waals surface area contributed by atoms with E-state index in [4.69, 9.17) is 4.74 Å². The van der Waals surface area contributed by atoms with Crippen LogP contribution in [0, 0.1) is 16.0 Å². The number of fused-ring (bicyclic) bond motifs is 1. The number of ether oxygens (including phenoxy) is 1. The van der Waals surface area contributed by atoms with E-state index in [9.17, 15) is 24.5 Å². The lowest BCUT2D eigenvalue weighted by Gasteiger charge is -2.28. The van der Waals surface area contributed by atoms with Gasteiger partial charge in [-0.1, -0.05) is 12.1 Å². The first-order chi connectivity index (χ1) is 11.0. The first kappa shape index (κ1) is 14.9. The Balaban J connectivity index is 1.62. The Hall–Kier alpha value is -2.97. The van der Waals surface area contributed by atoms with Crippen molar-refractivity contribution in [2.24, 2.45) is 5.92 Å². The van der Waals surface area contributed by atoms with E-state index in [0.29, 0.717) is 11.4 Å². The minimum absolute atomic E-state index is 0.134. The summed E-state index contributed by atoms with van der Waals surface area (Å²) < 4.78 is 4.85. The third-order valence-electron chi connectivity index (χ3n) is 3.74. The van der Waals surface area contributed by atoms with Gasteiger partial charge in [-0.3, -0.25) is 29.4 Å². The number of nitrogens with zero attached hydrogens (tertiary/aromatic N) is 2. The molecule has 2 atom stereocenters. The zero-order chi connectivity index (χ0) is 16.6. The Morgan fingerprint density at radius 2 is 2.13 bits per heavy atom. The summed E-state index contributed by atoms with van der Waals surface area (Å²) >= 11 is 0. The van der Waals surface area contributed by atoms with Crippen molar-refractivity contribution in [1.82, 2.24) is 0 Å². The molecule has 2 amide bonds. The molecule has 1 N–H and O–H groups in total. The maximum Gasteiger partial charge on any atom is 0.316 e. The van der Waals surface area contributed by atoms with Crippen LogP contribution in [0.4, 0.5) is 11.4 Å². The first-order valence-corrected chi connectivity index (χ1v) is 6.96. The molecule has 0 saturated heterocycles. The third kappa shape index (κ3) is 2.98. The average molecular weight is 319 g/mol. The van der Waals surface area contributed by atoms with Gasteiger partial charge in [0, 0.05) is 11.3 Å². The quantitative estimate of drug-likeness (QED) is 0.480. The molecule has 23 heavy (non-hydrogen) atoms. The van der Waals surface area contributed by atoms with E-state index in [1.54, 1.807) is 24.3 Å². The van der Waals surface area contributed by atoms with E-state index in [2.05, 4.69) is 5.32 Å². The van der Waals surface area contributed by atoms with Gasteiger partial charge in [-0.15, -0.1) is 0 Å². The third-order valence-corrected chi connectivity index (χ3v) is 3.74. The van der Waals surface area contributed by atoms with Crippen LogP contribution in [0.2, 0.25) is 0 Å². The van der Waals surface area contributed by atoms with Crippen LogP contribution in [0.25, 0.3) is 0 Å². The number of anilines is 2. The molecule has 2 unspecified atom stereocenters. The van der Waals surface area contributed by atoms with Crippen molar-refractivity contribution in [3.8, 4) is 0 Å². The molecule has 1 heterocycles. The predicted octanol–water partition coefficient (Wildman–Crippen LogP) is 0.180. The SMILES string of the molecule is O=C1CN(C(=O)COC(=O)C2CC2[N+](=O)[O-])c2ccccc2N1. The summed E-state index contributed by atoms with van der Waals surface area (Å²) in [5.74, 6) is -2.44. The average Bonchev–Trinajstić information content (AvgIpc) is 3.32. The number of nitro groups is 1. The molecule has 1 aromatic rings. The largest absolute Gasteiger partial charge is 0.455 e. The Morgan fingerprint density at radius 1 is 1.39 bits per heavy atom. The van der Waals surface area contributed by atoms with Gasteiger partial charge in [0.1, 0.15) is 12.5 Å². The fraction of sp³-hybridized carbons (Fsp3) is 0.357.